The molecule has 0 aliphatic carbocycles. The van der Waals surface area contributed by atoms with Crippen LogP contribution in [0.2, 0.25) is 0 Å². The first-order chi connectivity index (χ1) is 18.8. The third-order valence-corrected chi connectivity index (χ3v) is 7.57. The Morgan fingerprint density at radius 1 is 0.579 bits per heavy atom. The zero-order valence-corrected chi connectivity index (χ0v) is 22.2. The van der Waals surface area contributed by atoms with Gasteiger partial charge >= 0.3 is 0 Å². The number of alkyl halides is 1. The molecule has 0 fully saturated rings. The molecule has 0 aliphatic rings. The minimum atomic E-state index is -0.798. The van der Waals surface area contributed by atoms with Crippen molar-refractivity contribution in [3.63, 3.8) is 0 Å². The molecule has 38 heavy (non-hydrogen) atoms. The summed E-state index contributed by atoms with van der Waals surface area (Å²) in [5.41, 5.74) is 6.80. The molecule has 0 saturated heterocycles. The van der Waals surface area contributed by atoms with E-state index in [9.17, 15) is 0 Å². The largest absolute Gasteiger partial charge is 0.205 e. The minimum Gasteiger partial charge on any atom is -0.205 e. The van der Waals surface area contributed by atoms with E-state index >= 15 is 0 Å². The zero-order chi connectivity index (χ0) is 25.8. The van der Waals surface area contributed by atoms with E-state index in [1.807, 2.05) is 28.9 Å². The first-order valence-electron chi connectivity index (χ1n) is 12.5. The number of rotatable bonds is 7. The van der Waals surface area contributed by atoms with Gasteiger partial charge in [-0.1, -0.05) is 155 Å². The van der Waals surface area contributed by atoms with Gasteiger partial charge in [0.25, 0.3) is 0 Å². The lowest BCUT2D eigenvalue weighted by Gasteiger charge is -2.36. The number of tetrazole rings is 1. The van der Waals surface area contributed by atoms with Crippen molar-refractivity contribution in [1.29, 1.82) is 0 Å². The fraction of sp³-hybridized carbons (Fsp3) is 0.0606. The molecule has 0 spiro atoms. The highest BCUT2D eigenvalue weighted by molar-refractivity contribution is 9.08. The van der Waals surface area contributed by atoms with Crippen LogP contribution in [0.1, 0.15) is 22.3 Å². The monoisotopic (exact) mass is 556 g/mol. The summed E-state index contributed by atoms with van der Waals surface area (Å²) < 4.78 is 1.99. The molecule has 6 aromatic rings. The summed E-state index contributed by atoms with van der Waals surface area (Å²) in [5, 5.41) is 14.4. The average Bonchev–Trinajstić information content (AvgIpc) is 3.49. The molecule has 0 bridgehead atoms. The Labute approximate surface area is 230 Å². The summed E-state index contributed by atoms with van der Waals surface area (Å²) in [6.07, 6.45) is 0. The number of aromatic nitrogens is 4. The van der Waals surface area contributed by atoms with Gasteiger partial charge in [0, 0.05) is 10.9 Å². The molecule has 0 atom stereocenters. The van der Waals surface area contributed by atoms with Crippen molar-refractivity contribution < 1.29 is 0 Å². The van der Waals surface area contributed by atoms with Crippen LogP contribution in [0.5, 0.6) is 0 Å². The standard InChI is InChI=1S/C33H25BrN4/c34-24-25-13-12-14-26(23-25)30-21-10-11-22-31(30)32-35-36-37-38(32)33(27-15-4-1-5-16-27,28-17-6-2-7-18-28)29-19-8-3-9-20-29/h1-23H,24H2. The highest BCUT2D eigenvalue weighted by Gasteiger charge is 2.42. The Morgan fingerprint density at radius 3 is 1.66 bits per heavy atom. The summed E-state index contributed by atoms with van der Waals surface area (Å²) in [5.74, 6) is 0.696. The maximum absolute atomic E-state index is 4.71. The predicted octanol–water partition coefficient (Wildman–Crippen LogP) is 7.74. The summed E-state index contributed by atoms with van der Waals surface area (Å²) in [7, 11) is 0. The zero-order valence-electron chi connectivity index (χ0n) is 20.7. The van der Waals surface area contributed by atoms with Gasteiger partial charge in [-0.25, -0.2) is 4.68 Å². The number of halogens is 1. The number of hydrogen-bond acceptors (Lipinski definition) is 3. The van der Waals surface area contributed by atoms with E-state index in [-0.39, 0.29) is 0 Å². The molecule has 0 N–H and O–H groups in total. The van der Waals surface area contributed by atoms with E-state index in [0.29, 0.717) is 5.82 Å². The van der Waals surface area contributed by atoms with Crippen molar-refractivity contribution >= 4 is 15.9 Å². The molecule has 0 saturated carbocycles. The van der Waals surface area contributed by atoms with Gasteiger partial charge in [0.15, 0.2) is 5.82 Å². The van der Waals surface area contributed by atoms with Crippen LogP contribution in [-0.4, -0.2) is 20.2 Å². The van der Waals surface area contributed by atoms with E-state index in [1.54, 1.807) is 0 Å². The fourth-order valence-corrected chi connectivity index (χ4v) is 5.59. The van der Waals surface area contributed by atoms with E-state index in [0.717, 1.165) is 38.7 Å². The normalized spacial score (nSPS) is 11.4. The lowest BCUT2D eigenvalue weighted by Crippen LogP contribution is -2.39. The first kappa shape index (κ1) is 24.0. The molecule has 1 aromatic heterocycles. The van der Waals surface area contributed by atoms with Crippen LogP contribution >= 0.6 is 15.9 Å². The average molecular weight is 557 g/mol. The Morgan fingerprint density at radius 2 is 1.11 bits per heavy atom. The van der Waals surface area contributed by atoms with E-state index in [2.05, 4.69) is 142 Å². The second kappa shape index (κ2) is 10.6. The molecule has 0 unspecified atom stereocenters. The Bertz CT molecular complexity index is 1550. The van der Waals surface area contributed by atoms with Crippen LogP contribution in [0.4, 0.5) is 0 Å². The highest BCUT2D eigenvalue weighted by atomic mass is 79.9. The smallest absolute Gasteiger partial charge is 0.184 e. The van der Waals surface area contributed by atoms with Gasteiger partial charge in [-0.3, -0.25) is 0 Å². The van der Waals surface area contributed by atoms with Gasteiger partial charge in [-0.2, -0.15) is 0 Å². The van der Waals surface area contributed by atoms with Crippen LogP contribution < -0.4 is 0 Å². The molecule has 1 heterocycles. The van der Waals surface area contributed by atoms with Gasteiger partial charge in [0.2, 0.25) is 0 Å². The van der Waals surface area contributed by atoms with E-state index in [1.165, 1.54) is 5.56 Å². The Hall–Kier alpha value is -4.35. The molecular weight excluding hydrogens is 532 g/mol. The summed E-state index contributed by atoms with van der Waals surface area (Å²) in [6.45, 7) is 0. The molecule has 4 nitrogen and oxygen atoms in total. The third kappa shape index (κ3) is 4.15. The SMILES string of the molecule is BrCc1cccc(-c2ccccc2-c2nnnn2C(c2ccccc2)(c2ccccc2)c2ccccc2)c1. The van der Waals surface area contributed by atoms with Crippen LogP contribution in [0, 0.1) is 0 Å². The van der Waals surface area contributed by atoms with Crippen molar-refractivity contribution in [3.05, 3.63) is 162 Å². The van der Waals surface area contributed by atoms with Crippen LogP contribution in [0.25, 0.3) is 22.5 Å². The molecule has 5 heteroatoms. The quantitative estimate of drug-likeness (QED) is 0.149. The van der Waals surface area contributed by atoms with Crippen molar-refractivity contribution in [2.24, 2.45) is 0 Å². The van der Waals surface area contributed by atoms with Crippen molar-refractivity contribution in [3.8, 4) is 22.5 Å². The number of benzene rings is 5. The molecule has 184 valence electrons. The van der Waals surface area contributed by atoms with Crippen molar-refractivity contribution in [1.82, 2.24) is 20.2 Å². The predicted molar refractivity (Wildman–Crippen MR) is 156 cm³/mol. The third-order valence-electron chi connectivity index (χ3n) is 6.92. The van der Waals surface area contributed by atoms with Gasteiger partial charge in [0.1, 0.15) is 5.54 Å². The Kier molecular flexibility index (Phi) is 6.67. The second-order valence-corrected chi connectivity index (χ2v) is 9.66. The number of nitrogens with zero attached hydrogens (tertiary/aromatic N) is 4. The van der Waals surface area contributed by atoms with Crippen LogP contribution in [0.3, 0.4) is 0 Å². The van der Waals surface area contributed by atoms with E-state index < -0.39 is 5.54 Å². The van der Waals surface area contributed by atoms with Gasteiger partial charge < -0.3 is 0 Å². The topological polar surface area (TPSA) is 43.6 Å². The molecule has 0 radical (unpaired) electrons. The van der Waals surface area contributed by atoms with Crippen molar-refractivity contribution in [2.45, 2.75) is 10.9 Å². The van der Waals surface area contributed by atoms with Gasteiger partial charge in [-0.05, 0) is 43.8 Å². The summed E-state index contributed by atoms with van der Waals surface area (Å²) in [4.78, 5) is 0. The van der Waals surface area contributed by atoms with Gasteiger partial charge in [-0.15, -0.1) is 5.10 Å². The Balaban J connectivity index is 1.68. The lowest BCUT2D eigenvalue weighted by atomic mass is 9.77. The maximum atomic E-state index is 4.71. The summed E-state index contributed by atoms with van der Waals surface area (Å²) in [6, 6.07) is 48.3. The molecule has 6 rings (SSSR count). The molecular formula is C33H25BrN4. The first-order valence-corrected chi connectivity index (χ1v) is 13.6. The van der Waals surface area contributed by atoms with Crippen LogP contribution in [-0.2, 0) is 10.9 Å². The molecule has 5 aromatic carbocycles. The lowest BCUT2D eigenvalue weighted by molar-refractivity contribution is 0.451. The molecule has 0 aliphatic heterocycles. The minimum absolute atomic E-state index is 0.696. The van der Waals surface area contributed by atoms with E-state index in [4.69, 9.17) is 5.21 Å². The van der Waals surface area contributed by atoms with Crippen molar-refractivity contribution in [2.75, 3.05) is 0 Å². The summed E-state index contributed by atoms with van der Waals surface area (Å²) >= 11 is 3.60. The maximum Gasteiger partial charge on any atom is 0.184 e. The highest BCUT2D eigenvalue weighted by Crippen LogP contribution is 2.43. The second-order valence-electron chi connectivity index (χ2n) is 9.10. The number of hydrogen-bond donors (Lipinski definition) is 0. The molecule has 0 amide bonds. The fourth-order valence-electron chi connectivity index (χ4n) is 5.24. The van der Waals surface area contributed by atoms with Gasteiger partial charge in [0.05, 0.1) is 0 Å². The van der Waals surface area contributed by atoms with Crippen LogP contribution in [0.15, 0.2) is 140 Å².